The molecule has 0 saturated carbocycles. The van der Waals surface area contributed by atoms with Crippen molar-refractivity contribution in [3.05, 3.63) is 24.3 Å². The monoisotopic (exact) mass is 280 g/mol. The number of amides is 1. The molecule has 2 aliphatic heterocycles. The number of rotatable bonds is 2. The molecule has 2 heterocycles. The molecule has 4 nitrogen and oxygen atoms in total. The largest absolute Gasteiger partial charge is 0.378 e. The second-order valence-electron chi connectivity index (χ2n) is 4.93. The van der Waals surface area contributed by atoms with Crippen LogP contribution in [0.3, 0.4) is 0 Å². The van der Waals surface area contributed by atoms with Crippen LogP contribution in [0, 0.1) is 0 Å². The number of ether oxygens (including phenoxy) is 1. The molecule has 2 aliphatic rings. The molecule has 2 fully saturated rings. The zero-order valence-corrected chi connectivity index (χ0v) is 11.5. The molecule has 1 atom stereocenters. The maximum atomic E-state index is 11.9. The first kappa shape index (κ1) is 12.8. The highest BCUT2D eigenvalue weighted by Crippen LogP contribution is 2.28. The molecule has 2 saturated heterocycles. The lowest BCUT2D eigenvalue weighted by Crippen LogP contribution is -2.36. The molecule has 3 rings (SSSR count). The Kier molecular flexibility index (Phi) is 3.62. The first-order valence-electron chi connectivity index (χ1n) is 6.61. The summed E-state index contributed by atoms with van der Waals surface area (Å²) < 4.78 is 5.36. The highest BCUT2D eigenvalue weighted by molar-refractivity contribution is 6.24. The van der Waals surface area contributed by atoms with Crippen molar-refractivity contribution in [1.29, 1.82) is 0 Å². The zero-order chi connectivity index (χ0) is 13.2. The van der Waals surface area contributed by atoms with E-state index in [1.807, 2.05) is 12.1 Å². The van der Waals surface area contributed by atoms with E-state index in [9.17, 15) is 4.79 Å². The van der Waals surface area contributed by atoms with Gasteiger partial charge in [-0.25, -0.2) is 0 Å². The first-order chi connectivity index (χ1) is 9.24. The molecule has 0 bridgehead atoms. The predicted octanol–water partition coefficient (Wildman–Crippen LogP) is 1.87. The van der Waals surface area contributed by atoms with E-state index < -0.39 is 0 Å². The van der Waals surface area contributed by atoms with Crippen LogP contribution in [-0.4, -0.2) is 44.1 Å². The molecule has 0 aliphatic carbocycles. The van der Waals surface area contributed by atoms with Crippen molar-refractivity contribution in [3.8, 4) is 0 Å². The van der Waals surface area contributed by atoms with Crippen molar-refractivity contribution in [2.24, 2.45) is 0 Å². The van der Waals surface area contributed by atoms with Gasteiger partial charge in [0.05, 0.1) is 18.6 Å². The lowest BCUT2D eigenvalue weighted by Gasteiger charge is -2.29. The summed E-state index contributed by atoms with van der Waals surface area (Å²) in [6.07, 6.45) is 0.434. The molecule has 5 heteroatoms. The quantitative estimate of drug-likeness (QED) is 0.776. The maximum Gasteiger partial charge on any atom is 0.228 e. The number of carbonyl (C=O) groups excluding carboxylic acids is 1. The Morgan fingerprint density at radius 1 is 1.21 bits per heavy atom. The van der Waals surface area contributed by atoms with Crippen LogP contribution < -0.4 is 9.80 Å². The summed E-state index contributed by atoms with van der Waals surface area (Å²) in [5, 5.41) is -0.0699. The van der Waals surface area contributed by atoms with E-state index in [-0.39, 0.29) is 11.3 Å². The van der Waals surface area contributed by atoms with Crippen LogP contribution in [-0.2, 0) is 9.53 Å². The smallest absolute Gasteiger partial charge is 0.228 e. The van der Waals surface area contributed by atoms with Gasteiger partial charge in [0.1, 0.15) is 0 Å². The van der Waals surface area contributed by atoms with Gasteiger partial charge in [0.2, 0.25) is 5.91 Å². The van der Waals surface area contributed by atoms with Crippen molar-refractivity contribution in [1.82, 2.24) is 0 Å². The lowest BCUT2D eigenvalue weighted by molar-refractivity contribution is -0.117. The fourth-order valence-electron chi connectivity index (χ4n) is 2.59. The van der Waals surface area contributed by atoms with Crippen LogP contribution in [0.25, 0.3) is 0 Å². The molecule has 0 spiro atoms. The molecule has 0 aromatic heterocycles. The third kappa shape index (κ3) is 2.69. The van der Waals surface area contributed by atoms with E-state index >= 15 is 0 Å². The zero-order valence-electron chi connectivity index (χ0n) is 10.7. The number of hydrogen-bond donors (Lipinski definition) is 0. The Balaban J connectivity index is 1.81. The third-order valence-electron chi connectivity index (χ3n) is 3.60. The molecule has 0 radical (unpaired) electrons. The standard InChI is InChI=1S/C14H17ClN2O2/c15-11-8-14(18)17(10-11)13-3-1-2-12(9-13)16-4-6-19-7-5-16/h1-3,9,11H,4-8,10H2. The Bertz CT molecular complexity index is 474. The number of morpholine rings is 1. The molecule has 1 aromatic rings. The Morgan fingerprint density at radius 2 is 1.95 bits per heavy atom. The number of alkyl halides is 1. The van der Waals surface area contributed by atoms with Gasteiger partial charge >= 0.3 is 0 Å². The Labute approximate surface area is 117 Å². The summed E-state index contributed by atoms with van der Waals surface area (Å²) in [5.41, 5.74) is 2.09. The van der Waals surface area contributed by atoms with E-state index in [1.165, 1.54) is 0 Å². The van der Waals surface area contributed by atoms with Crippen molar-refractivity contribution >= 4 is 28.9 Å². The number of hydrogen-bond acceptors (Lipinski definition) is 3. The molecular weight excluding hydrogens is 264 g/mol. The summed E-state index contributed by atoms with van der Waals surface area (Å²) in [7, 11) is 0. The second kappa shape index (κ2) is 5.39. The van der Waals surface area contributed by atoms with Crippen molar-refractivity contribution < 1.29 is 9.53 Å². The molecule has 0 N–H and O–H groups in total. The van der Waals surface area contributed by atoms with E-state index in [0.29, 0.717) is 13.0 Å². The number of halogens is 1. The fourth-order valence-corrected chi connectivity index (χ4v) is 2.86. The highest BCUT2D eigenvalue weighted by atomic mass is 35.5. The van der Waals surface area contributed by atoms with E-state index in [1.54, 1.807) is 4.90 Å². The summed E-state index contributed by atoms with van der Waals surface area (Å²) in [6.45, 7) is 3.92. The molecular formula is C14H17ClN2O2. The summed E-state index contributed by atoms with van der Waals surface area (Å²) in [6, 6.07) is 8.11. The minimum Gasteiger partial charge on any atom is -0.378 e. The fraction of sp³-hybridized carbons (Fsp3) is 0.500. The van der Waals surface area contributed by atoms with Gasteiger partial charge in [0, 0.05) is 37.4 Å². The molecule has 1 unspecified atom stereocenters. The van der Waals surface area contributed by atoms with Gasteiger partial charge in [-0.05, 0) is 18.2 Å². The number of anilines is 2. The maximum absolute atomic E-state index is 11.9. The summed E-state index contributed by atoms with van der Waals surface area (Å²) in [4.78, 5) is 15.9. The van der Waals surface area contributed by atoms with Crippen LogP contribution in [0.5, 0.6) is 0 Å². The van der Waals surface area contributed by atoms with Gasteiger partial charge < -0.3 is 14.5 Å². The highest BCUT2D eigenvalue weighted by Gasteiger charge is 2.29. The summed E-state index contributed by atoms with van der Waals surface area (Å²) in [5.74, 6) is 0.110. The molecule has 1 amide bonds. The number of nitrogens with zero attached hydrogens (tertiary/aromatic N) is 2. The van der Waals surface area contributed by atoms with Gasteiger partial charge in [0.25, 0.3) is 0 Å². The molecule has 19 heavy (non-hydrogen) atoms. The van der Waals surface area contributed by atoms with Gasteiger partial charge in [-0.2, -0.15) is 0 Å². The van der Waals surface area contributed by atoms with Crippen LogP contribution >= 0.6 is 11.6 Å². The van der Waals surface area contributed by atoms with Crippen molar-refractivity contribution in [3.63, 3.8) is 0 Å². The number of carbonyl (C=O) groups is 1. The van der Waals surface area contributed by atoms with Gasteiger partial charge in [-0.3, -0.25) is 4.79 Å². The lowest BCUT2D eigenvalue weighted by atomic mass is 10.2. The number of benzene rings is 1. The average Bonchev–Trinajstić information content (AvgIpc) is 2.79. The van der Waals surface area contributed by atoms with Gasteiger partial charge in [0.15, 0.2) is 0 Å². The topological polar surface area (TPSA) is 32.8 Å². The van der Waals surface area contributed by atoms with Crippen molar-refractivity contribution in [2.75, 3.05) is 42.6 Å². The predicted molar refractivity (Wildman–Crippen MR) is 76.1 cm³/mol. The van der Waals surface area contributed by atoms with Gasteiger partial charge in [-0.15, -0.1) is 11.6 Å². The summed E-state index contributed by atoms with van der Waals surface area (Å²) >= 11 is 6.05. The van der Waals surface area contributed by atoms with E-state index in [2.05, 4.69) is 17.0 Å². The van der Waals surface area contributed by atoms with Crippen LogP contribution in [0.2, 0.25) is 0 Å². The Hall–Kier alpha value is -1.26. The van der Waals surface area contributed by atoms with E-state index in [0.717, 1.165) is 37.7 Å². The molecule has 1 aromatic carbocycles. The van der Waals surface area contributed by atoms with Crippen LogP contribution in [0.15, 0.2) is 24.3 Å². The van der Waals surface area contributed by atoms with Crippen LogP contribution in [0.4, 0.5) is 11.4 Å². The average molecular weight is 281 g/mol. The van der Waals surface area contributed by atoms with Gasteiger partial charge in [-0.1, -0.05) is 6.07 Å². The SMILES string of the molecule is O=C1CC(Cl)CN1c1cccc(N2CCOCC2)c1. The minimum absolute atomic E-state index is 0.0699. The first-order valence-corrected chi connectivity index (χ1v) is 7.05. The van der Waals surface area contributed by atoms with E-state index in [4.69, 9.17) is 16.3 Å². The normalized spacial score (nSPS) is 24.1. The minimum atomic E-state index is -0.0699. The second-order valence-corrected chi connectivity index (χ2v) is 5.54. The van der Waals surface area contributed by atoms with Crippen LogP contribution in [0.1, 0.15) is 6.42 Å². The Morgan fingerprint density at radius 3 is 2.63 bits per heavy atom. The third-order valence-corrected chi connectivity index (χ3v) is 3.89. The van der Waals surface area contributed by atoms with Crippen molar-refractivity contribution in [2.45, 2.75) is 11.8 Å². The molecule has 102 valence electrons.